The van der Waals surface area contributed by atoms with Gasteiger partial charge in [-0.25, -0.2) is 0 Å². The van der Waals surface area contributed by atoms with Gasteiger partial charge in [0.05, 0.1) is 6.10 Å². The summed E-state index contributed by atoms with van der Waals surface area (Å²) in [6.45, 7) is 17.9. The molecule has 3 aliphatic rings. The minimum absolute atomic E-state index is 0.483. The topological polar surface area (TPSA) is 20.2 Å². The molecule has 0 bridgehead atoms. The molecular formula is C28H44O. The standard InChI is InChI=1S/C28H44O/c1-19(2)9-7-10-20(3)25-16-17-26-24(11-8-18-28(25,26)6)15-14-23-13-12-21(4)27(29)22(23)5/h14-15,19-20,25-27,29H,4-5,7-13,16-18H2,1-3,6H3/b23-14-,24-15+. The lowest BCUT2D eigenvalue weighted by Gasteiger charge is -2.44. The van der Waals surface area contributed by atoms with Crippen LogP contribution in [0.15, 0.2) is 47.6 Å². The van der Waals surface area contributed by atoms with Crippen LogP contribution in [0.3, 0.4) is 0 Å². The molecule has 0 saturated heterocycles. The van der Waals surface area contributed by atoms with Gasteiger partial charge in [0.25, 0.3) is 0 Å². The first-order valence-corrected chi connectivity index (χ1v) is 12.2. The van der Waals surface area contributed by atoms with Gasteiger partial charge in [-0.2, -0.15) is 0 Å². The normalized spacial score (nSPS) is 36.8. The van der Waals surface area contributed by atoms with Crippen LogP contribution in [0.1, 0.15) is 91.9 Å². The van der Waals surface area contributed by atoms with E-state index in [0.717, 1.165) is 47.7 Å². The summed E-state index contributed by atoms with van der Waals surface area (Å²) in [4.78, 5) is 0. The van der Waals surface area contributed by atoms with E-state index in [1.54, 1.807) is 5.57 Å². The number of hydrogen-bond acceptors (Lipinski definition) is 1. The zero-order valence-corrected chi connectivity index (χ0v) is 19.5. The fourth-order valence-corrected chi connectivity index (χ4v) is 6.68. The van der Waals surface area contributed by atoms with Crippen molar-refractivity contribution in [2.75, 3.05) is 0 Å². The van der Waals surface area contributed by atoms with Crippen LogP contribution in [-0.4, -0.2) is 11.2 Å². The highest BCUT2D eigenvalue weighted by atomic mass is 16.3. The Balaban J connectivity index is 1.71. The molecule has 162 valence electrons. The second kappa shape index (κ2) is 9.38. The predicted octanol–water partition coefficient (Wildman–Crippen LogP) is 7.79. The molecule has 0 aliphatic heterocycles. The lowest BCUT2D eigenvalue weighted by molar-refractivity contribution is 0.0929. The Labute approximate surface area is 180 Å². The van der Waals surface area contributed by atoms with Crippen molar-refractivity contribution in [1.82, 2.24) is 0 Å². The zero-order chi connectivity index (χ0) is 21.2. The van der Waals surface area contributed by atoms with Crippen LogP contribution < -0.4 is 0 Å². The fraction of sp³-hybridized carbons (Fsp3) is 0.714. The van der Waals surface area contributed by atoms with Crippen LogP contribution in [0.5, 0.6) is 0 Å². The van der Waals surface area contributed by atoms with Crippen molar-refractivity contribution in [2.24, 2.45) is 29.1 Å². The molecule has 3 fully saturated rings. The summed E-state index contributed by atoms with van der Waals surface area (Å²) in [6.07, 6.45) is 16.9. The van der Waals surface area contributed by atoms with Gasteiger partial charge in [0.15, 0.2) is 0 Å². The van der Waals surface area contributed by atoms with Gasteiger partial charge in [-0.1, -0.05) is 77.8 Å². The molecule has 0 aromatic carbocycles. The maximum absolute atomic E-state index is 10.3. The zero-order valence-electron chi connectivity index (χ0n) is 19.5. The average molecular weight is 397 g/mol. The van der Waals surface area contributed by atoms with Gasteiger partial charge in [-0.15, -0.1) is 0 Å². The Kier molecular flexibility index (Phi) is 7.31. The van der Waals surface area contributed by atoms with Gasteiger partial charge in [0.2, 0.25) is 0 Å². The molecular weight excluding hydrogens is 352 g/mol. The van der Waals surface area contributed by atoms with Gasteiger partial charge in [0.1, 0.15) is 0 Å². The van der Waals surface area contributed by atoms with Crippen LogP contribution in [0.2, 0.25) is 0 Å². The van der Waals surface area contributed by atoms with Crippen molar-refractivity contribution in [3.05, 3.63) is 47.6 Å². The molecule has 0 spiro atoms. The summed E-state index contributed by atoms with van der Waals surface area (Å²) in [5, 5.41) is 10.3. The summed E-state index contributed by atoms with van der Waals surface area (Å²) in [5.41, 5.74) is 5.14. The number of allylic oxidation sites excluding steroid dienone is 3. The highest BCUT2D eigenvalue weighted by molar-refractivity contribution is 5.43. The van der Waals surface area contributed by atoms with Crippen molar-refractivity contribution >= 4 is 0 Å². The van der Waals surface area contributed by atoms with E-state index in [2.05, 4.69) is 53.0 Å². The molecule has 3 rings (SSSR count). The van der Waals surface area contributed by atoms with Crippen LogP contribution in [0, 0.1) is 29.1 Å². The number of aliphatic hydroxyl groups is 1. The Bertz CT molecular complexity index is 678. The predicted molar refractivity (Wildman–Crippen MR) is 126 cm³/mol. The van der Waals surface area contributed by atoms with Crippen LogP contribution in [-0.2, 0) is 0 Å². The van der Waals surface area contributed by atoms with E-state index < -0.39 is 6.10 Å². The minimum atomic E-state index is -0.549. The maximum Gasteiger partial charge on any atom is 0.0995 e. The van der Waals surface area contributed by atoms with Gasteiger partial charge in [-0.3, -0.25) is 0 Å². The van der Waals surface area contributed by atoms with E-state index >= 15 is 0 Å². The summed E-state index contributed by atoms with van der Waals surface area (Å²) < 4.78 is 0. The first-order chi connectivity index (χ1) is 13.7. The number of aliphatic hydroxyl groups excluding tert-OH is 1. The molecule has 1 N–H and O–H groups in total. The molecule has 1 heteroatoms. The van der Waals surface area contributed by atoms with Gasteiger partial charge >= 0.3 is 0 Å². The van der Waals surface area contributed by atoms with E-state index in [0.29, 0.717) is 5.41 Å². The Morgan fingerprint density at radius 1 is 1.07 bits per heavy atom. The lowest BCUT2D eigenvalue weighted by Crippen LogP contribution is -2.36. The third-order valence-corrected chi connectivity index (χ3v) is 8.51. The average Bonchev–Trinajstić information content (AvgIpc) is 3.03. The Hall–Kier alpha value is -1.08. The molecule has 29 heavy (non-hydrogen) atoms. The van der Waals surface area contributed by atoms with Crippen LogP contribution in [0.4, 0.5) is 0 Å². The van der Waals surface area contributed by atoms with E-state index in [9.17, 15) is 5.11 Å². The van der Waals surface area contributed by atoms with E-state index in [1.807, 2.05) is 0 Å². The quantitative estimate of drug-likeness (QED) is 0.454. The lowest BCUT2D eigenvalue weighted by atomic mass is 9.60. The second-order valence-corrected chi connectivity index (χ2v) is 10.9. The molecule has 0 amide bonds. The van der Waals surface area contributed by atoms with E-state index in [4.69, 9.17) is 0 Å². The number of rotatable bonds is 6. The molecule has 5 atom stereocenters. The highest BCUT2D eigenvalue weighted by Crippen LogP contribution is 2.60. The first kappa shape index (κ1) is 22.6. The SMILES string of the molecule is C=C1CC/C(=C/C=C2\CCCC3(C)C2CCC3C(C)CCCC(C)C)C(=C)C1O. The molecule has 0 aromatic heterocycles. The highest BCUT2D eigenvalue weighted by Gasteiger charge is 2.50. The van der Waals surface area contributed by atoms with E-state index in [1.165, 1.54) is 56.9 Å². The third kappa shape index (κ3) is 4.82. The van der Waals surface area contributed by atoms with Crippen molar-refractivity contribution in [2.45, 2.75) is 98.0 Å². The monoisotopic (exact) mass is 396 g/mol. The molecule has 1 nitrogen and oxygen atoms in total. The molecule has 3 saturated carbocycles. The molecule has 5 unspecified atom stereocenters. The molecule has 3 aliphatic carbocycles. The fourth-order valence-electron chi connectivity index (χ4n) is 6.68. The first-order valence-electron chi connectivity index (χ1n) is 12.2. The van der Waals surface area contributed by atoms with Crippen LogP contribution in [0.25, 0.3) is 0 Å². The second-order valence-electron chi connectivity index (χ2n) is 10.9. The molecule has 0 radical (unpaired) electrons. The summed E-state index contributed by atoms with van der Waals surface area (Å²) in [5.74, 6) is 3.31. The molecule has 0 aromatic rings. The summed E-state index contributed by atoms with van der Waals surface area (Å²) in [7, 11) is 0. The number of fused-ring (bicyclic) bond motifs is 1. The smallest absolute Gasteiger partial charge is 0.0995 e. The Morgan fingerprint density at radius 2 is 1.83 bits per heavy atom. The Morgan fingerprint density at radius 3 is 2.55 bits per heavy atom. The third-order valence-electron chi connectivity index (χ3n) is 8.51. The van der Waals surface area contributed by atoms with E-state index in [-0.39, 0.29) is 0 Å². The summed E-state index contributed by atoms with van der Waals surface area (Å²) >= 11 is 0. The largest absolute Gasteiger partial charge is 0.384 e. The van der Waals surface area contributed by atoms with Crippen molar-refractivity contribution in [3.63, 3.8) is 0 Å². The van der Waals surface area contributed by atoms with Gasteiger partial charge in [0, 0.05) is 0 Å². The molecule has 0 heterocycles. The van der Waals surface area contributed by atoms with Crippen molar-refractivity contribution in [3.8, 4) is 0 Å². The van der Waals surface area contributed by atoms with Gasteiger partial charge < -0.3 is 5.11 Å². The van der Waals surface area contributed by atoms with Crippen LogP contribution >= 0.6 is 0 Å². The number of hydrogen-bond donors (Lipinski definition) is 1. The van der Waals surface area contributed by atoms with Crippen molar-refractivity contribution < 1.29 is 5.11 Å². The minimum Gasteiger partial charge on any atom is -0.384 e. The maximum atomic E-state index is 10.3. The summed E-state index contributed by atoms with van der Waals surface area (Å²) in [6, 6.07) is 0. The van der Waals surface area contributed by atoms with Crippen molar-refractivity contribution in [1.29, 1.82) is 0 Å². The van der Waals surface area contributed by atoms with Gasteiger partial charge in [-0.05, 0) is 90.8 Å².